The summed E-state index contributed by atoms with van der Waals surface area (Å²) in [5, 5.41) is 3.65. The van der Waals surface area contributed by atoms with Gasteiger partial charge in [0.05, 0.1) is 19.3 Å². The topological polar surface area (TPSA) is 34.4 Å². The zero-order valence-corrected chi connectivity index (χ0v) is 13.6. The number of hydrogen-bond donors (Lipinski definition) is 1. The lowest BCUT2D eigenvalue weighted by Gasteiger charge is -2.31. The molecule has 1 aromatic carbocycles. The fourth-order valence-corrected chi connectivity index (χ4v) is 3.17. The van der Waals surface area contributed by atoms with Gasteiger partial charge >= 0.3 is 0 Å². The summed E-state index contributed by atoms with van der Waals surface area (Å²) in [5.41, 5.74) is 1.10. The molecular weight excluding hydrogens is 272 g/mol. The van der Waals surface area contributed by atoms with Crippen LogP contribution in [-0.4, -0.2) is 49.3 Å². The number of hydrogen-bond acceptors (Lipinski definition) is 3. The van der Waals surface area contributed by atoms with Gasteiger partial charge in [0.25, 0.3) is 0 Å². The molecule has 3 nitrogen and oxygen atoms in total. The highest BCUT2D eigenvalue weighted by molar-refractivity contribution is 5.36. The Balaban J connectivity index is 1.71. The molecule has 2 heterocycles. The second-order valence-electron chi connectivity index (χ2n) is 6.66. The average Bonchev–Trinajstić information content (AvgIpc) is 3.28. The van der Waals surface area contributed by atoms with Gasteiger partial charge in [-0.25, -0.2) is 0 Å². The summed E-state index contributed by atoms with van der Waals surface area (Å²) in [5.74, 6) is 7.62. The molecule has 3 atom stereocenters. The van der Waals surface area contributed by atoms with Gasteiger partial charge in [-0.15, -0.1) is 0 Å². The summed E-state index contributed by atoms with van der Waals surface area (Å²) in [4.78, 5) is 2.48. The van der Waals surface area contributed by atoms with Crippen molar-refractivity contribution in [2.45, 2.75) is 38.4 Å². The predicted molar refractivity (Wildman–Crippen MR) is 89.7 cm³/mol. The zero-order chi connectivity index (χ0) is 15.4. The van der Waals surface area contributed by atoms with E-state index in [9.17, 15) is 0 Å². The summed E-state index contributed by atoms with van der Waals surface area (Å²) in [6, 6.07) is 11.7. The SMILES string of the molecule is CC(C)C[C@@H]1N[C@H]1[C@@H](C#Cc1ccccc1)N1CCOCC1. The van der Waals surface area contributed by atoms with Crippen LogP contribution in [0.1, 0.15) is 25.8 Å². The largest absolute Gasteiger partial charge is 0.379 e. The third kappa shape index (κ3) is 4.10. The summed E-state index contributed by atoms with van der Waals surface area (Å²) < 4.78 is 5.49. The van der Waals surface area contributed by atoms with Crippen molar-refractivity contribution in [3.05, 3.63) is 35.9 Å². The molecule has 0 spiro atoms. The van der Waals surface area contributed by atoms with Gasteiger partial charge in [-0.05, 0) is 24.5 Å². The van der Waals surface area contributed by atoms with Crippen molar-refractivity contribution < 1.29 is 4.74 Å². The second kappa shape index (κ2) is 7.28. The summed E-state index contributed by atoms with van der Waals surface area (Å²) in [6.45, 7) is 8.20. The van der Waals surface area contributed by atoms with Crippen molar-refractivity contribution >= 4 is 0 Å². The van der Waals surface area contributed by atoms with Crippen molar-refractivity contribution in [1.29, 1.82) is 0 Å². The highest BCUT2D eigenvalue weighted by atomic mass is 16.5. The van der Waals surface area contributed by atoms with Gasteiger partial charge in [0, 0.05) is 30.7 Å². The van der Waals surface area contributed by atoms with E-state index in [0.717, 1.165) is 37.8 Å². The summed E-state index contributed by atoms with van der Waals surface area (Å²) in [7, 11) is 0. The highest BCUT2D eigenvalue weighted by Crippen LogP contribution is 2.25. The van der Waals surface area contributed by atoms with Gasteiger partial charge in [0.15, 0.2) is 0 Å². The molecule has 1 N–H and O–H groups in total. The fraction of sp³-hybridized carbons (Fsp3) is 0.579. The van der Waals surface area contributed by atoms with Crippen LogP contribution in [0.2, 0.25) is 0 Å². The molecule has 0 saturated carbocycles. The standard InChI is InChI=1S/C19H26N2O/c1-15(2)14-17-19(20-17)18(21-10-12-22-13-11-21)9-8-16-6-4-3-5-7-16/h3-7,15,17-20H,10-14H2,1-2H3/t17-,18+,19+/m0/s1. The lowest BCUT2D eigenvalue weighted by molar-refractivity contribution is 0.0267. The minimum atomic E-state index is 0.299. The van der Waals surface area contributed by atoms with Gasteiger partial charge in [-0.3, -0.25) is 4.90 Å². The Hall–Kier alpha value is -1.34. The molecule has 3 heteroatoms. The fourth-order valence-electron chi connectivity index (χ4n) is 3.17. The van der Waals surface area contributed by atoms with E-state index in [0.29, 0.717) is 18.1 Å². The van der Waals surface area contributed by atoms with Crippen LogP contribution in [0, 0.1) is 17.8 Å². The Morgan fingerprint density at radius 3 is 2.64 bits per heavy atom. The predicted octanol–water partition coefficient (Wildman–Crippen LogP) is 2.13. The van der Waals surface area contributed by atoms with Crippen LogP contribution >= 0.6 is 0 Å². The van der Waals surface area contributed by atoms with E-state index in [1.165, 1.54) is 6.42 Å². The van der Waals surface area contributed by atoms with Crippen LogP contribution in [-0.2, 0) is 4.74 Å². The minimum absolute atomic E-state index is 0.299. The van der Waals surface area contributed by atoms with Gasteiger partial charge < -0.3 is 10.1 Å². The average molecular weight is 298 g/mol. The van der Waals surface area contributed by atoms with E-state index in [1.807, 2.05) is 18.2 Å². The number of morpholine rings is 1. The monoisotopic (exact) mass is 298 g/mol. The van der Waals surface area contributed by atoms with E-state index >= 15 is 0 Å². The minimum Gasteiger partial charge on any atom is -0.379 e. The van der Waals surface area contributed by atoms with Crippen LogP contribution in [0.3, 0.4) is 0 Å². The van der Waals surface area contributed by atoms with Crippen molar-refractivity contribution in [1.82, 2.24) is 10.2 Å². The van der Waals surface area contributed by atoms with E-state index in [2.05, 4.69) is 48.0 Å². The molecule has 0 aliphatic carbocycles. The first-order valence-corrected chi connectivity index (χ1v) is 8.38. The molecule has 2 fully saturated rings. The maximum Gasteiger partial charge on any atom is 0.0890 e. The second-order valence-corrected chi connectivity index (χ2v) is 6.66. The van der Waals surface area contributed by atoms with E-state index in [1.54, 1.807) is 0 Å². The van der Waals surface area contributed by atoms with Gasteiger partial charge in [-0.1, -0.05) is 43.9 Å². The van der Waals surface area contributed by atoms with Crippen LogP contribution in [0.15, 0.2) is 30.3 Å². The molecule has 0 bridgehead atoms. The Kier molecular flexibility index (Phi) is 5.15. The van der Waals surface area contributed by atoms with Gasteiger partial charge in [0.2, 0.25) is 0 Å². The first-order valence-electron chi connectivity index (χ1n) is 8.38. The van der Waals surface area contributed by atoms with E-state index in [-0.39, 0.29) is 0 Å². The molecule has 2 aliphatic heterocycles. The van der Waals surface area contributed by atoms with Crippen LogP contribution in [0.25, 0.3) is 0 Å². The molecule has 0 unspecified atom stereocenters. The quantitative estimate of drug-likeness (QED) is 0.683. The molecule has 3 rings (SSSR count). The Morgan fingerprint density at radius 2 is 1.95 bits per heavy atom. The molecule has 0 aromatic heterocycles. The van der Waals surface area contributed by atoms with E-state index in [4.69, 9.17) is 4.74 Å². The highest BCUT2D eigenvalue weighted by Gasteiger charge is 2.44. The summed E-state index contributed by atoms with van der Waals surface area (Å²) in [6.07, 6.45) is 1.23. The lowest BCUT2D eigenvalue weighted by Crippen LogP contribution is -2.46. The molecule has 0 amide bonds. The third-order valence-corrected chi connectivity index (χ3v) is 4.37. The molecule has 2 saturated heterocycles. The van der Waals surface area contributed by atoms with E-state index < -0.39 is 0 Å². The Morgan fingerprint density at radius 1 is 1.23 bits per heavy atom. The first-order chi connectivity index (χ1) is 10.7. The molecule has 22 heavy (non-hydrogen) atoms. The molecule has 0 radical (unpaired) electrons. The van der Waals surface area contributed by atoms with Crippen molar-refractivity contribution in [2.75, 3.05) is 26.3 Å². The van der Waals surface area contributed by atoms with Crippen LogP contribution in [0.4, 0.5) is 0 Å². The first kappa shape index (κ1) is 15.6. The van der Waals surface area contributed by atoms with Gasteiger partial charge in [-0.2, -0.15) is 0 Å². The van der Waals surface area contributed by atoms with Crippen LogP contribution in [0.5, 0.6) is 0 Å². The smallest absolute Gasteiger partial charge is 0.0890 e. The van der Waals surface area contributed by atoms with Crippen molar-refractivity contribution in [3.63, 3.8) is 0 Å². The summed E-state index contributed by atoms with van der Waals surface area (Å²) >= 11 is 0. The number of nitrogens with one attached hydrogen (secondary N) is 1. The zero-order valence-electron chi connectivity index (χ0n) is 13.6. The molecule has 118 valence electrons. The van der Waals surface area contributed by atoms with Crippen molar-refractivity contribution in [3.8, 4) is 11.8 Å². The van der Waals surface area contributed by atoms with Crippen molar-refractivity contribution in [2.24, 2.45) is 5.92 Å². The van der Waals surface area contributed by atoms with Gasteiger partial charge in [0.1, 0.15) is 0 Å². The Labute approximate surface area is 134 Å². The Bertz CT molecular complexity index is 525. The molecular formula is C19H26N2O. The number of benzene rings is 1. The number of ether oxygens (including phenoxy) is 1. The molecule has 1 aromatic rings. The normalized spacial score (nSPS) is 26.3. The maximum atomic E-state index is 5.49. The lowest BCUT2D eigenvalue weighted by atomic mass is 10.0. The number of rotatable bonds is 4. The third-order valence-electron chi connectivity index (χ3n) is 4.37. The molecule has 2 aliphatic rings. The maximum absolute atomic E-state index is 5.49. The van der Waals surface area contributed by atoms with Crippen LogP contribution < -0.4 is 5.32 Å². The number of nitrogens with zero attached hydrogens (tertiary/aromatic N) is 1.